The van der Waals surface area contributed by atoms with Gasteiger partial charge in [0.15, 0.2) is 12.4 Å². The van der Waals surface area contributed by atoms with Gasteiger partial charge in [0.25, 0.3) is 12.6 Å². The maximum Gasteiger partial charge on any atom is 0.352 e. The topological polar surface area (TPSA) is 126 Å². The summed E-state index contributed by atoms with van der Waals surface area (Å²) in [4.78, 5) is 26.4. The van der Waals surface area contributed by atoms with Gasteiger partial charge in [-0.25, -0.2) is 9.48 Å². The number of hydrogen-bond acceptors (Lipinski definition) is 9. The van der Waals surface area contributed by atoms with E-state index < -0.39 is 12.0 Å². The van der Waals surface area contributed by atoms with Gasteiger partial charge in [-0.1, -0.05) is 42.1 Å². The number of fused-ring (bicyclic) bond motifs is 1. The molecule has 13 heteroatoms. The number of aryl methyl sites for hydroxylation is 1. The molecule has 5 rings (SSSR count). The van der Waals surface area contributed by atoms with E-state index >= 15 is 0 Å². The number of pyridine rings is 1. The highest BCUT2D eigenvalue weighted by molar-refractivity contribution is 8.01. The molecule has 4 heterocycles. The number of aliphatic carboxylic acids is 1. The van der Waals surface area contributed by atoms with Crippen LogP contribution in [0.1, 0.15) is 5.56 Å². The van der Waals surface area contributed by atoms with E-state index in [2.05, 4.69) is 20.8 Å². The second-order valence-electron chi connectivity index (χ2n) is 8.23. The average Bonchev–Trinajstić information content (AvgIpc) is 3.31. The minimum atomic E-state index is -1.10. The smallest absolute Gasteiger partial charge is 0.352 e. The SMILES string of the molecule is Cn1nnnc1SCC1=C(C(=O)O)N2C(=O)[C@@H](Nc3cc[n+](COCc4ccccc4)cc3)[C@H]2SC1. The summed E-state index contributed by atoms with van der Waals surface area (Å²) in [6.07, 6.45) is 3.75. The molecule has 3 aromatic rings. The van der Waals surface area contributed by atoms with E-state index in [0.29, 0.717) is 35.6 Å². The zero-order valence-corrected chi connectivity index (χ0v) is 21.0. The summed E-state index contributed by atoms with van der Waals surface area (Å²) < 4.78 is 9.17. The first-order valence-corrected chi connectivity index (χ1v) is 13.2. The van der Waals surface area contributed by atoms with Crippen LogP contribution in [0.15, 0.2) is 71.3 Å². The number of aromatic nitrogens is 5. The minimum Gasteiger partial charge on any atom is -0.477 e. The Bertz CT molecular complexity index is 1280. The Morgan fingerprint density at radius 2 is 2.06 bits per heavy atom. The first-order chi connectivity index (χ1) is 17.5. The van der Waals surface area contributed by atoms with Crippen molar-refractivity contribution in [3.8, 4) is 0 Å². The number of tetrazole rings is 1. The molecule has 1 fully saturated rings. The summed E-state index contributed by atoms with van der Waals surface area (Å²) in [6.45, 7) is 0.927. The van der Waals surface area contributed by atoms with E-state index in [0.717, 1.165) is 11.3 Å². The van der Waals surface area contributed by atoms with Gasteiger partial charge in [-0.05, 0) is 21.6 Å². The molecule has 11 nitrogen and oxygen atoms in total. The first-order valence-electron chi connectivity index (χ1n) is 11.1. The van der Waals surface area contributed by atoms with Crippen molar-refractivity contribution in [3.05, 3.63) is 71.7 Å². The molecule has 0 spiro atoms. The summed E-state index contributed by atoms with van der Waals surface area (Å²) >= 11 is 2.90. The van der Waals surface area contributed by atoms with Gasteiger partial charge in [-0.2, -0.15) is 4.57 Å². The summed E-state index contributed by atoms with van der Waals surface area (Å²) in [5.41, 5.74) is 2.63. The molecule has 2 N–H and O–H groups in total. The van der Waals surface area contributed by atoms with E-state index in [1.54, 1.807) is 18.8 Å². The maximum atomic E-state index is 13.0. The third-order valence-corrected chi connectivity index (χ3v) is 8.21. The molecule has 2 aromatic heterocycles. The monoisotopic (exact) mass is 526 g/mol. The van der Waals surface area contributed by atoms with E-state index in [-0.39, 0.29) is 17.0 Å². The third-order valence-electron chi connectivity index (χ3n) is 5.77. The van der Waals surface area contributed by atoms with Crippen LogP contribution in [0, 0.1) is 0 Å². The Kier molecular flexibility index (Phi) is 7.20. The average molecular weight is 527 g/mol. The van der Waals surface area contributed by atoms with Crippen LogP contribution in [0.5, 0.6) is 0 Å². The number of carboxylic acid groups (broad SMARTS) is 1. The molecule has 0 bridgehead atoms. The van der Waals surface area contributed by atoms with Gasteiger partial charge >= 0.3 is 5.97 Å². The molecular weight excluding hydrogens is 502 g/mol. The van der Waals surface area contributed by atoms with Gasteiger partial charge in [0.1, 0.15) is 17.1 Å². The number of nitrogens with zero attached hydrogens (tertiary/aromatic N) is 6. The molecule has 0 radical (unpaired) electrons. The quantitative estimate of drug-likeness (QED) is 0.228. The second-order valence-corrected chi connectivity index (χ2v) is 10.3. The number of carboxylic acids is 1. The predicted octanol–water partition coefficient (Wildman–Crippen LogP) is 1.50. The van der Waals surface area contributed by atoms with Crippen molar-refractivity contribution in [1.29, 1.82) is 0 Å². The Balaban J connectivity index is 1.18. The largest absolute Gasteiger partial charge is 0.477 e. The Hall–Kier alpha value is -3.42. The van der Waals surface area contributed by atoms with Crippen LogP contribution < -0.4 is 9.88 Å². The summed E-state index contributed by atoms with van der Waals surface area (Å²) in [6, 6.07) is 13.2. The lowest BCUT2D eigenvalue weighted by Crippen LogP contribution is -2.67. The molecule has 1 aromatic carbocycles. The molecule has 1 saturated heterocycles. The van der Waals surface area contributed by atoms with Crippen molar-refractivity contribution in [3.63, 3.8) is 0 Å². The van der Waals surface area contributed by atoms with E-state index in [1.807, 2.05) is 59.4 Å². The number of ether oxygens (including phenoxy) is 1. The predicted molar refractivity (Wildman–Crippen MR) is 133 cm³/mol. The summed E-state index contributed by atoms with van der Waals surface area (Å²) in [7, 11) is 1.72. The lowest BCUT2D eigenvalue weighted by Gasteiger charge is -2.49. The number of benzene rings is 1. The zero-order valence-electron chi connectivity index (χ0n) is 19.4. The number of anilines is 1. The second kappa shape index (κ2) is 10.7. The van der Waals surface area contributed by atoms with Crippen LogP contribution in [0.25, 0.3) is 0 Å². The lowest BCUT2D eigenvalue weighted by atomic mass is 10.0. The molecule has 0 saturated carbocycles. The number of carbonyl (C=O) groups excluding carboxylic acids is 1. The number of thioether (sulfide) groups is 2. The van der Waals surface area contributed by atoms with Gasteiger partial charge < -0.3 is 15.2 Å². The fourth-order valence-corrected chi connectivity index (χ4v) is 6.29. The van der Waals surface area contributed by atoms with Crippen LogP contribution >= 0.6 is 23.5 Å². The molecule has 0 unspecified atom stereocenters. The Labute approximate surface area is 215 Å². The van der Waals surface area contributed by atoms with Gasteiger partial charge in [0.2, 0.25) is 5.16 Å². The highest BCUT2D eigenvalue weighted by Crippen LogP contribution is 2.42. The van der Waals surface area contributed by atoms with Crippen LogP contribution in [0.2, 0.25) is 0 Å². The number of hydrogen-bond donors (Lipinski definition) is 2. The minimum absolute atomic E-state index is 0.0610. The Morgan fingerprint density at radius 1 is 1.28 bits per heavy atom. The highest BCUT2D eigenvalue weighted by atomic mass is 32.2. The van der Waals surface area contributed by atoms with Gasteiger partial charge in [-0.15, -0.1) is 16.9 Å². The van der Waals surface area contributed by atoms with Crippen LogP contribution in [0.4, 0.5) is 5.69 Å². The van der Waals surface area contributed by atoms with Crippen molar-refractivity contribution in [2.24, 2.45) is 7.05 Å². The van der Waals surface area contributed by atoms with Gasteiger partial charge in [0.05, 0.1) is 6.61 Å². The summed E-state index contributed by atoms with van der Waals surface area (Å²) in [5.74, 6) is -0.451. The van der Waals surface area contributed by atoms with Crippen molar-refractivity contribution in [1.82, 2.24) is 25.1 Å². The lowest BCUT2D eigenvalue weighted by molar-refractivity contribution is -0.733. The molecule has 2 aliphatic heterocycles. The zero-order chi connectivity index (χ0) is 25.1. The molecule has 0 aliphatic carbocycles. The number of amides is 1. The van der Waals surface area contributed by atoms with Crippen molar-refractivity contribution in [2.45, 2.75) is 29.9 Å². The molecule has 2 atom stereocenters. The van der Waals surface area contributed by atoms with Crippen molar-refractivity contribution in [2.75, 3.05) is 16.8 Å². The van der Waals surface area contributed by atoms with E-state index in [9.17, 15) is 14.7 Å². The Morgan fingerprint density at radius 3 is 2.75 bits per heavy atom. The number of nitrogens with one attached hydrogen (secondary N) is 1. The molecule has 186 valence electrons. The molecular formula is C23H24N7O4S2+. The highest BCUT2D eigenvalue weighted by Gasteiger charge is 2.53. The van der Waals surface area contributed by atoms with Crippen LogP contribution in [-0.2, 0) is 34.7 Å². The van der Waals surface area contributed by atoms with Crippen molar-refractivity contribution < 1.29 is 24.0 Å². The fraction of sp³-hybridized carbons (Fsp3) is 0.304. The van der Waals surface area contributed by atoms with Crippen LogP contribution in [0.3, 0.4) is 0 Å². The molecule has 36 heavy (non-hydrogen) atoms. The number of carbonyl (C=O) groups is 2. The summed E-state index contributed by atoms with van der Waals surface area (Å²) in [5, 5.41) is 24.7. The van der Waals surface area contributed by atoms with E-state index in [4.69, 9.17) is 4.74 Å². The maximum absolute atomic E-state index is 13.0. The van der Waals surface area contributed by atoms with Crippen molar-refractivity contribution >= 4 is 41.1 Å². The van der Waals surface area contributed by atoms with E-state index in [1.165, 1.54) is 21.3 Å². The molecule has 2 aliphatic rings. The normalized spacial score (nSPS) is 19.1. The van der Waals surface area contributed by atoms with Gasteiger partial charge in [-0.3, -0.25) is 9.69 Å². The van der Waals surface area contributed by atoms with Gasteiger partial charge in [0, 0.05) is 36.4 Å². The number of rotatable bonds is 10. The fourth-order valence-electron chi connectivity index (χ4n) is 3.95. The molecule has 1 amide bonds. The first kappa shape index (κ1) is 24.3. The van der Waals surface area contributed by atoms with Crippen LogP contribution in [-0.4, -0.2) is 65.0 Å². The third kappa shape index (κ3) is 5.08. The number of β-lactam (4-membered cyclic amide) rings is 1. The standard InChI is InChI=1S/C23H23N7O4S2/c1-28-23(25-26-27-28)36-13-16-12-35-21-18(20(31)30(21)19(16)22(32)33)24-17-7-9-29(10-8-17)14-34-11-15-5-3-2-4-6-15/h2-10,18,21H,11-14H2,1H3,(H,32,33)/p+1/t18-,21-/m1/s1.